The van der Waals surface area contributed by atoms with E-state index in [4.69, 9.17) is 5.11 Å². The first kappa shape index (κ1) is 10.2. The highest BCUT2D eigenvalue weighted by molar-refractivity contribution is 5.86. The van der Waals surface area contributed by atoms with Gasteiger partial charge in [-0.2, -0.15) is 0 Å². The average molecular weight is 218 g/mol. The number of carboxylic acid groups (broad SMARTS) is 1. The molecule has 0 aliphatic heterocycles. The van der Waals surface area contributed by atoms with Crippen LogP contribution in [-0.4, -0.2) is 25.7 Å². The molecular weight excluding hydrogens is 208 g/mol. The molecule has 0 radical (unpaired) electrons. The highest BCUT2D eigenvalue weighted by Crippen LogP contribution is 2.22. The Kier molecular flexibility index (Phi) is 2.36. The summed E-state index contributed by atoms with van der Waals surface area (Å²) in [7, 11) is 1.62. The average Bonchev–Trinajstić information content (AvgIpc) is 2.60. The number of hydrogen-bond donors (Lipinski definition) is 2. The highest BCUT2D eigenvalue weighted by Gasteiger charge is 2.13. The predicted molar refractivity (Wildman–Crippen MR) is 57.3 cm³/mol. The number of phenols is 1. The van der Waals surface area contributed by atoms with Gasteiger partial charge in [0.05, 0.1) is 6.20 Å². The molecule has 0 aliphatic carbocycles. The lowest BCUT2D eigenvalue weighted by molar-refractivity contribution is 0.0686. The van der Waals surface area contributed by atoms with Gasteiger partial charge in [-0.1, -0.05) is 12.1 Å². The topological polar surface area (TPSA) is 75.4 Å². The van der Waals surface area contributed by atoms with Crippen LogP contribution in [0.3, 0.4) is 0 Å². The van der Waals surface area contributed by atoms with Gasteiger partial charge in [0, 0.05) is 12.6 Å². The second-order valence-electron chi connectivity index (χ2n) is 3.38. The van der Waals surface area contributed by atoms with E-state index in [1.807, 2.05) is 0 Å². The van der Waals surface area contributed by atoms with E-state index in [0.717, 1.165) is 0 Å². The largest absolute Gasteiger partial charge is 0.508 e. The third-order valence-electron chi connectivity index (χ3n) is 2.31. The molecule has 1 aromatic carbocycles. The van der Waals surface area contributed by atoms with Gasteiger partial charge in [0.25, 0.3) is 0 Å². The third-order valence-corrected chi connectivity index (χ3v) is 2.31. The van der Waals surface area contributed by atoms with Gasteiger partial charge in [0.2, 0.25) is 0 Å². The minimum absolute atomic E-state index is 0.110. The standard InChI is InChI=1S/C11H10N2O3/c1-13-9(11(15)16)6-12-10(13)7-3-2-4-8(14)5-7/h2-6,14H,1H3,(H,15,16). The predicted octanol–water partition coefficient (Wildman–Crippen LogP) is 1.49. The summed E-state index contributed by atoms with van der Waals surface area (Å²) in [5, 5.41) is 18.2. The van der Waals surface area contributed by atoms with E-state index in [1.165, 1.54) is 16.8 Å². The van der Waals surface area contributed by atoms with E-state index in [9.17, 15) is 9.90 Å². The first-order valence-electron chi connectivity index (χ1n) is 4.64. The van der Waals surface area contributed by atoms with Crippen LogP contribution in [0.2, 0.25) is 0 Å². The molecule has 82 valence electrons. The van der Waals surface area contributed by atoms with E-state index >= 15 is 0 Å². The summed E-state index contributed by atoms with van der Waals surface area (Å²) in [6.45, 7) is 0. The number of carboxylic acids is 1. The van der Waals surface area contributed by atoms with Crippen molar-refractivity contribution in [2.75, 3.05) is 0 Å². The van der Waals surface area contributed by atoms with Gasteiger partial charge in [-0.3, -0.25) is 0 Å². The van der Waals surface area contributed by atoms with Crippen LogP contribution in [-0.2, 0) is 7.05 Å². The van der Waals surface area contributed by atoms with Crippen LogP contribution in [0.1, 0.15) is 10.5 Å². The minimum Gasteiger partial charge on any atom is -0.508 e. The number of aromatic carboxylic acids is 1. The molecule has 0 saturated heterocycles. The summed E-state index contributed by atoms with van der Waals surface area (Å²) < 4.78 is 1.47. The molecule has 0 aliphatic rings. The van der Waals surface area contributed by atoms with Crippen LogP contribution in [0.5, 0.6) is 5.75 Å². The van der Waals surface area contributed by atoms with E-state index in [1.54, 1.807) is 25.2 Å². The lowest BCUT2D eigenvalue weighted by atomic mass is 10.2. The van der Waals surface area contributed by atoms with Crippen LogP contribution in [0.25, 0.3) is 11.4 Å². The molecule has 2 rings (SSSR count). The molecule has 1 heterocycles. The van der Waals surface area contributed by atoms with Crippen molar-refractivity contribution < 1.29 is 15.0 Å². The SMILES string of the molecule is Cn1c(C(=O)O)cnc1-c1cccc(O)c1. The molecule has 0 unspecified atom stereocenters. The molecule has 5 nitrogen and oxygen atoms in total. The van der Waals surface area contributed by atoms with Crippen LogP contribution in [0.15, 0.2) is 30.5 Å². The molecular formula is C11H10N2O3. The Balaban J connectivity index is 2.53. The van der Waals surface area contributed by atoms with Gasteiger partial charge in [0.1, 0.15) is 17.3 Å². The number of nitrogens with zero attached hydrogens (tertiary/aromatic N) is 2. The molecule has 5 heteroatoms. The van der Waals surface area contributed by atoms with Crippen molar-refractivity contribution in [1.82, 2.24) is 9.55 Å². The smallest absolute Gasteiger partial charge is 0.354 e. The van der Waals surface area contributed by atoms with E-state index < -0.39 is 5.97 Å². The summed E-state index contributed by atoms with van der Waals surface area (Å²) in [6.07, 6.45) is 1.29. The Morgan fingerprint density at radius 1 is 1.44 bits per heavy atom. The molecule has 0 atom stereocenters. The number of rotatable bonds is 2. The van der Waals surface area contributed by atoms with Crippen molar-refractivity contribution in [1.29, 1.82) is 0 Å². The second-order valence-corrected chi connectivity index (χ2v) is 3.38. The lowest BCUT2D eigenvalue weighted by Gasteiger charge is -2.03. The Hall–Kier alpha value is -2.30. The van der Waals surface area contributed by atoms with Crippen LogP contribution < -0.4 is 0 Å². The molecule has 16 heavy (non-hydrogen) atoms. The third kappa shape index (κ3) is 1.63. The van der Waals surface area contributed by atoms with Crippen LogP contribution in [0.4, 0.5) is 0 Å². The van der Waals surface area contributed by atoms with Crippen molar-refractivity contribution in [3.05, 3.63) is 36.2 Å². The maximum Gasteiger partial charge on any atom is 0.354 e. The van der Waals surface area contributed by atoms with Gasteiger partial charge < -0.3 is 14.8 Å². The number of benzene rings is 1. The number of aromatic hydroxyl groups is 1. The fourth-order valence-electron chi connectivity index (χ4n) is 1.52. The van der Waals surface area contributed by atoms with Gasteiger partial charge in [-0.05, 0) is 12.1 Å². The van der Waals surface area contributed by atoms with Crippen LogP contribution in [0, 0.1) is 0 Å². The van der Waals surface area contributed by atoms with Crippen molar-refractivity contribution in [3.63, 3.8) is 0 Å². The number of hydrogen-bond acceptors (Lipinski definition) is 3. The zero-order valence-electron chi connectivity index (χ0n) is 8.58. The Labute approximate surface area is 91.6 Å². The summed E-state index contributed by atoms with van der Waals surface area (Å²) in [5.41, 5.74) is 0.786. The van der Waals surface area contributed by atoms with E-state index in [-0.39, 0.29) is 11.4 Å². The maximum atomic E-state index is 10.8. The normalized spacial score (nSPS) is 10.3. The molecule has 2 N–H and O–H groups in total. The Bertz CT molecular complexity index is 546. The molecule has 0 bridgehead atoms. The zero-order valence-corrected chi connectivity index (χ0v) is 8.58. The molecule has 0 spiro atoms. The monoisotopic (exact) mass is 218 g/mol. The fraction of sp³-hybridized carbons (Fsp3) is 0.0909. The first-order valence-corrected chi connectivity index (χ1v) is 4.64. The highest BCUT2D eigenvalue weighted by atomic mass is 16.4. The molecule has 1 aromatic heterocycles. The summed E-state index contributed by atoms with van der Waals surface area (Å²) >= 11 is 0. The van der Waals surface area contributed by atoms with Crippen molar-refractivity contribution in [2.45, 2.75) is 0 Å². The first-order chi connectivity index (χ1) is 7.59. The Morgan fingerprint density at radius 3 is 2.75 bits per heavy atom. The van der Waals surface area contributed by atoms with Gasteiger partial charge in [0.15, 0.2) is 0 Å². The van der Waals surface area contributed by atoms with Gasteiger partial charge in [-0.15, -0.1) is 0 Å². The van der Waals surface area contributed by atoms with E-state index in [2.05, 4.69) is 4.98 Å². The van der Waals surface area contributed by atoms with Gasteiger partial charge >= 0.3 is 5.97 Å². The van der Waals surface area contributed by atoms with Crippen LogP contribution >= 0.6 is 0 Å². The molecule has 2 aromatic rings. The summed E-state index contributed by atoms with van der Waals surface area (Å²) in [5.74, 6) is -0.396. The fourth-order valence-corrected chi connectivity index (χ4v) is 1.52. The molecule has 0 amide bonds. The maximum absolute atomic E-state index is 10.8. The second kappa shape index (κ2) is 3.69. The van der Waals surface area contributed by atoms with Crippen molar-refractivity contribution >= 4 is 5.97 Å². The van der Waals surface area contributed by atoms with Gasteiger partial charge in [-0.25, -0.2) is 9.78 Å². The van der Waals surface area contributed by atoms with Crippen molar-refractivity contribution in [2.24, 2.45) is 7.05 Å². The quantitative estimate of drug-likeness (QED) is 0.800. The summed E-state index contributed by atoms with van der Waals surface area (Å²) in [4.78, 5) is 14.8. The number of aromatic nitrogens is 2. The minimum atomic E-state index is -1.03. The number of imidazole rings is 1. The van der Waals surface area contributed by atoms with E-state index in [0.29, 0.717) is 11.4 Å². The number of phenolic OH excluding ortho intramolecular Hbond substituents is 1. The Morgan fingerprint density at radius 2 is 2.19 bits per heavy atom. The molecule has 0 saturated carbocycles. The summed E-state index contributed by atoms with van der Waals surface area (Å²) in [6, 6.07) is 6.52. The molecule has 0 fully saturated rings. The zero-order chi connectivity index (χ0) is 11.7. The number of carbonyl (C=O) groups is 1. The van der Waals surface area contributed by atoms with Crippen molar-refractivity contribution in [3.8, 4) is 17.1 Å². The lowest BCUT2D eigenvalue weighted by Crippen LogP contribution is -2.05.